The van der Waals surface area contributed by atoms with Crippen molar-refractivity contribution >= 4 is 15.6 Å². The van der Waals surface area contributed by atoms with Crippen molar-refractivity contribution in [3.8, 4) is 17.2 Å². The first-order valence-electron chi connectivity index (χ1n) is 9.03. The van der Waals surface area contributed by atoms with Crippen LogP contribution in [0.1, 0.15) is 44.6 Å². The van der Waals surface area contributed by atoms with E-state index in [-0.39, 0.29) is 11.5 Å². The van der Waals surface area contributed by atoms with E-state index in [0.29, 0.717) is 41.0 Å². The average molecular weight is 394 g/mol. The molecule has 2 rings (SSSR count). The second-order valence-electron chi connectivity index (χ2n) is 7.11. The second-order valence-corrected chi connectivity index (χ2v) is 9.18. The molecule has 0 N–H and O–H groups in total. The lowest BCUT2D eigenvalue weighted by atomic mass is 10.1. The second kappa shape index (κ2) is 9.17. The quantitative estimate of drug-likeness (QED) is 0.607. The van der Waals surface area contributed by atoms with Crippen LogP contribution in [0.2, 0.25) is 0 Å². The summed E-state index contributed by atoms with van der Waals surface area (Å²) in [7, 11) is -2.02. The summed E-state index contributed by atoms with van der Waals surface area (Å²) in [6.45, 7) is 5.83. The zero-order valence-electron chi connectivity index (χ0n) is 16.3. The van der Waals surface area contributed by atoms with Crippen molar-refractivity contribution in [2.75, 3.05) is 12.9 Å². The third-order valence-electron chi connectivity index (χ3n) is 4.18. The molecule has 2 aromatic rings. The van der Waals surface area contributed by atoms with Crippen LogP contribution in [-0.2, 0) is 20.4 Å². The number of rotatable bonds is 10. The minimum atomic E-state index is -3.59. The Kier molecular flexibility index (Phi) is 7.18. The summed E-state index contributed by atoms with van der Waals surface area (Å²) in [6.07, 6.45) is 1.93. The Hall–Kier alpha value is -2.15. The Bertz CT molecular complexity index is 884. The summed E-state index contributed by atoms with van der Waals surface area (Å²) < 4.78 is 35.6. The number of methoxy groups -OCH3 is 1. The first-order valence-corrected chi connectivity index (χ1v) is 10.8. The molecule has 1 aromatic heterocycles. The maximum absolute atomic E-state index is 12.4. The van der Waals surface area contributed by atoms with E-state index in [0.717, 1.165) is 12.8 Å². The molecular formula is C20H27NO5S. The van der Waals surface area contributed by atoms with Gasteiger partial charge < -0.3 is 9.15 Å². The van der Waals surface area contributed by atoms with Gasteiger partial charge in [-0.25, -0.2) is 13.4 Å². The molecule has 0 fully saturated rings. The molecule has 0 saturated heterocycles. The number of nitrogens with zero attached hydrogens (tertiary/aromatic N) is 1. The zero-order chi connectivity index (χ0) is 20.0. The third kappa shape index (κ3) is 6.50. The molecule has 7 heteroatoms. The molecular weight excluding hydrogens is 366 g/mol. The van der Waals surface area contributed by atoms with Crippen molar-refractivity contribution in [3.05, 3.63) is 35.7 Å². The van der Waals surface area contributed by atoms with Gasteiger partial charge in [-0.05, 0) is 37.5 Å². The lowest BCUT2D eigenvalue weighted by Gasteiger charge is -2.05. The lowest BCUT2D eigenvalue weighted by Crippen LogP contribution is -2.18. The highest BCUT2D eigenvalue weighted by molar-refractivity contribution is 7.91. The normalized spacial score (nSPS) is 11.7. The SMILES string of the molecule is COc1cccc(-c2nc(CS(=O)(=O)CC(=O)CCCC(C)C)c(C)o2)c1. The number of benzene rings is 1. The highest BCUT2D eigenvalue weighted by Crippen LogP contribution is 2.26. The molecule has 0 spiro atoms. The van der Waals surface area contributed by atoms with E-state index in [2.05, 4.69) is 18.8 Å². The van der Waals surface area contributed by atoms with Gasteiger partial charge in [0.1, 0.15) is 23.0 Å². The molecule has 0 aliphatic rings. The lowest BCUT2D eigenvalue weighted by molar-refractivity contribution is -0.116. The van der Waals surface area contributed by atoms with Crippen LogP contribution in [0.15, 0.2) is 28.7 Å². The fourth-order valence-corrected chi connectivity index (χ4v) is 4.15. The maximum atomic E-state index is 12.4. The largest absolute Gasteiger partial charge is 0.497 e. The summed E-state index contributed by atoms with van der Waals surface area (Å²) >= 11 is 0. The van der Waals surface area contributed by atoms with Gasteiger partial charge in [-0.15, -0.1) is 0 Å². The van der Waals surface area contributed by atoms with Crippen LogP contribution >= 0.6 is 0 Å². The van der Waals surface area contributed by atoms with Gasteiger partial charge in [0.15, 0.2) is 9.84 Å². The number of sulfone groups is 1. The van der Waals surface area contributed by atoms with E-state index in [1.54, 1.807) is 32.2 Å². The summed E-state index contributed by atoms with van der Waals surface area (Å²) in [5.41, 5.74) is 1.04. The number of Topliss-reactive ketones (excluding diaryl/α,β-unsaturated/α-hetero) is 1. The summed E-state index contributed by atoms with van der Waals surface area (Å²) in [5.74, 6) is 0.925. The van der Waals surface area contributed by atoms with Gasteiger partial charge in [0.05, 0.1) is 18.6 Å². The maximum Gasteiger partial charge on any atom is 0.226 e. The van der Waals surface area contributed by atoms with Crippen LogP contribution in [-0.4, -0.2) is 32.0 Å². The van der Waals surface area contributed by atoms with E-state index < -0.39 is 15.6 Å². The fraction of sp³-hybridized carbons (Fsp3) is 0.500. The molecule has 1 aromatic carbocycles. The molecule has 27 heavy (non-hydrogen) atoms. The number of hydrogen-bond acceptors (Lipinski definition) is 6. The van der Waals surface area contributed by atoms with Crippen molar-refractivity contribution in [2.24, 2.45) is 5.92 Å². The minimum absolute atomic E-state index is 0.246. The first-order chi connectivity index (χ1) is 12.7. The Labute approximate surface area is 160 Å². The summed E-state index contributed by atoms with van der Waals surface area (Å²) in [6, 6.07) is 7.18. The molecule has 1 heterocycles. The summed E-state index contributed by atoms with van der Waals surface area (Å²) in [5, 5.41) is 0. The molecule has 0 unspecified atom stereocenters. The number of carbonyl (C=O) groups excluding carboxylic acids is 1. The summed E-state index contributed by atoms with van der Waals surface area (Å²) in [4.78, 5) is 16.3. The monoisotopic (exact) mass is 393 g/mol. The Balaban J connectivity index is 2.06. The van der Waals surface area contributed by atoms with Crippen LogP contribution in [0.3, 0.4) is 0 Å². The van der Waals surface area contributed by atoms with Crippen molar-refractivity contribution in [1.29, 1.82) is 0 Å². The average Bonchev–Trinajstić information content (AvgIpc) is 2.94. The van der Waals surface area contributed by atoms with Crippen molar-refractivity contribution in [3.63, 3.8) is 0 Å². The van der Waals surface area contributed by atoms with Crippen LogP contribution in [0.5, 0.6) is 5.75 Å². The van der Waals surface area contributed by atoms with Crippen LogP contribution in [0.4, 0.5) is 0 Å². The van der Waals surface area contributed by atoms with Crippen LogP contribution < -0.4 is 4.74 Å². The molecule has 148 valence electrons. The van der Waals surface area contributed by atoms with Gasteiger partial charge in [0.25, 0.3) is 0 Å². The van der Waals surface area contributed by atoms with E-state index in [1.807, 2.05) is 6.07 Å². The van der Waals surface area contributed by atoms with E-state index in [4.69, 9.17) is 9.15 Å². The molecule has 0 radical (unpaired) electrons. The number of aromatic nitrogens is 1. The van der Waals surface area contributed by atoms with E-state index >= 15 is 0 Å². The predicted octanol–water partition coefficient (Wildman–Crippen LogP) is 3.97. The van der Waals surface area contributed by atoms with Gasteiger partial charge in [-0.3, -0.25) is 4.79 Å². The highest BCUT2D eigenvalue weighted by atomic mass is 32.2. The molecule has 0 atom stereocenters. The number of ether oxygens (including phenoxy) is 1. The highest BCUT2D eigenvalue weighted by Gasteiger charge is 2.22. The molecule has 0 aliphatic heterocycles. The van der Waals surface area contributed by atoms with Crippen molar-refractivity contribution in [2.45, 2.75) is 45.8 Å². The minimum Gasteiger partial charge on any atom is -0.497 e. The van der Waals surface area contributed by atoms with E-state index in [9.17, 15) is 13.2 Å². The van der Waals surface area contributed by atoms with Gasteiger partial charge in [0.2, 0.25) is 5.89 Å². The van der Waals surface area contributed by atoms with Crippen molar-refractivity contribution < 1.29 is 22.4 Å². The number of carbonyl (C=O) groups is 1. The Morgan fingerprint density at radius 1 is 1.30 bits per heavy atom. The zero-order valence-corrected chi connectivity index (χ0v) is 17.1. The number of ketones is 1. The van der Waals surface area contributed by atoms with Gasteiger partial charge in [-0.2, -0.15) is 0 Å². The van der Waals surface area contributed by atoms with Gasteiger partial charge in [0, 0.05) is 12.0 Å². The third-order valence-corrected chi connectivity index (χ3v) is 5.66. The topological polar surface area (TPSA) is 86.5 Å². The Morgan fingerprint density at radius 2 is 2.04 bits per heavy atom. The molecule has 0 amide bonds. The molecule has 0 saturated carbocycles. The Morgan fingerprint density at radius 3 is 2.70 bits per heavy atom. The number of oxazole rings is 1. The van der Waals surface area contributed by atoms with Crippen LogP contribution in [0, 0.1) is 12.8 Å². The smallest absolute Gasteiger partial charge is 0.226 e. The van der Waals surface area contributed by atoms with Gasteiger partial charge in [-0.1, -0.05) is 26.3 Å². The molecule has 0 bridgehead atoms. The number of aryl methyl sites for hydroxylation is 1. The fourth-order valence-electron chi connectivity index (χ4n) is 2.73. The van der Waals surface area contributed by atoms with E-state index in [1.165, 1.54) is 0 Å². The van der Waals surface area contributed by atoms with Gasteiger partial charge >= 0.3 is 0 Å². The number of hydrogen-bond donors (Lipinski definition) is 0. The van der Waals surface area contributed by atoms with Crippen molar-refractivity contribution in [1.82, 2.24) is 4.98 Å². The first kappa shape index (κ1) is 21.2. The predicted molar refractivity (Wildman–Crippen MR) is 104 cm³/mol. The van der Waals surface area contributed by atoms with Crippen LogP contribution in [0.25, 0.3) is 11.5 Å². The standard InChI is InChI=1S/C20H27NO5S/c1-14(2)7-5-9-17(22)12-27(23,24)13-19-15(3)26-20(21-19)16-8-6-10-18(11-16)25-4/h6,8,10-11,14H,5,7,9,12-13H2,1-4H3. The molecule has 0 aliphatic carbocycles. The molecule has 6 nitrogen and oxygen atoms in total.